The van der Waals surface area contributed by atoms with Crippen molar-refractivity contribution < 1.29 is 0 Å². The second-order valence-corrected chi connectivity index (χ2v) is 2.42. The highest BCUT2D eigenvalue weighted by molar-refractivity contribution is 5.53. The van der Waals surface area contributed by atoms with Crippen molar-refractivity contribution in [1.29, 1.82) is 0 Å². The van der Waals surface area contributed by atoms with Gasteiger partial charge in [0, 0.05) is 19.4 Å². The molecule has 2 aromatic rings. The number of nitrogens with one attached hydrogen (secondary N) is 1. The predicted octanol–water partition coefficient (Wildman–Crippen LogP) is 1.42. The summed E-state index contributed by atoms with van der Waals surface area (Å²) in [5, 5.41) is 4.07. The number of nitrogens with zero attached hydrogens (tertiary/aromatic N) is 2. The summed E-state index contributed by atoms with van der Waals surface area (Å²) in [4.78, 5) is 3.12. The lowest BCUT2D eigenvalue weighted by molar-refractivity contribution is 0.774. The second kappa shape index (κ2) is 2.27. The van der Waals surface area contributed by atoms with Crippen LogP contribution in [-0.2, 0) is 7.05 Å². The minimum absolute atomic E-state index is 1.10. The summed E-state index contributed by atoms with van der Waals surface area (Å²) in [6.07, 6.45) is 3.69. The fourth-order valence-corrected chi connectivity index (χ4v) is 1.13. The Balaban J connectivity index is 2.53. The Kier molecular flexibility index (Phi) is 1.28. The predicted molar refractivity (Wildman–Crippen MR) is 43.0 cm³/mol. The van der Waals surface area contributed by atoms with E-state index < -0.39 is 0 Å². The minimum atomic E-state index is 1.10. The molecule has 0 bridgehead atoms. The number of aromatic amines is 1. The molecule has 3 heteroatoms. The van der Waals surface area contributed by atoms with E-state index in [4.69, 9.17) is 0 Å². The van der Waals surface area contributed by atoms with Crippen molar-refractivity contribution in [2.45, 2.75) is 0 Å². The van der Waals surface area contributed by atoms with Crippen LogP contribution in [0.2, 0.25) is 0 Å². The van der Waals surface area contributed by atoms with Crippen LogP contribution in [-0.4, -0.2) is 14.8 Å². The first-order chi connectivity index (χ1) is 5.38. The first-order valence-corrected chi connectivity index (χ1v) is 3.50. The molecule has 0 aromatic carbocycles. The first kappa shape index (κ1) is 6.22. The van der Waals surface area contributed by atoms with Crippen LogP contribution in [0, 0.1) is 0 Å². The maximum absolute atomic E-state index is 4.07. The van der Waals surface area contributed by atoms with E-state index in [1.807, 2.05) is 36.1 Å². The molecule has 2 aromatic heterocycles. The van der Waals surface area contributed by atoms with E-state index in [2.05, 4.69) is 10.1 Å². The van der Waals surface area contributed by atoms with Gasteiger partial charge in [-0.2, -0.15) is 5.10 Å². The Morgan fingerprint density at radius 1 is 1.45 bits per heavy atom. The van der Waals surface area contributed by atoms with Crippen molar-refractivity contribution in [2.75, 3.05) is 0 Å². The van der Waals surface area contributed by atoms with Gasteiger partial charge in [-0.05, 0) is 18.2 Å². The number of aryl methyl sites for hydroxylation is 1. The van der Waals surface area contributed by atoms with Gasteiger partial charge in [0.2, 0.25) is 0 Å². The molecule has 1 N–H and O–H groups in total. The molecule has 0 atom stereocenters. The molecule has 0 unspecified atom stereocenters. The summed E-state index contributed by atoms with van der Waals surface area (Å²) in [5.74, 6) is 0. The van der Waals surface area contributed by atoms with Crippen LogP contribution in [0.15, 0.2) is 30.6 Å². The van der Waals surface area contributed by atoms with Gasteiger partial charge in [0.05, 0.1) is 11.4 Å². The lowest BCUT2D eigenvalue weighted by Gasteiger charge is -1.96. The lowest BCUT2D eigenvalue weighted by atomic mass is 10.3. The van der Waals surface area contributed by atoms with E-state index in [9.17, 15) is 0 Å². The van der Waals surface area contributed by atoms with Gasteiger partial charge in [-0.25, -0.2) is 0 Å². The van der Waals surface area contributed by atoms with Crippen molar-refractivity contribution in [1.82, 2.24) is 14.8 Å². The fourth-order valence-electron chi connectivity index (χ4n) is 1.13. The van der Waals surface area contributed by atoms with E-state index >= 15 is 0 Å². The first-order valence-electron chi connectivity index (χ1n) is 3.50. The topological polar surface area (TPSA) is 33.6 Å². The van der Waals surface area contributed by atoms with E-state index in [1.165, 1.54) is 0 Å². The average Bonchev–Trinajstić information content (AvgIpc) is 2.55. The molecule has 3 nitrogen and oxygen atoms in total. The molecule has 0 aliphatic carbocycles. The molecule has 0 saturated carbocycles. The van der Waals surface area contributed by atoms with Crippen LogP contribution in [0.3, 0.4) is 0 Å². The molecule has 0 aliphatic rings. The molecular weight excluding hydrogens is 138 g/mol. The molecule has 0 spiro atoms. The molecule has 2 rings (SSSR count). The molecule has 56 valence electrons. The van der Waals surface area contributed by atoms with Crippen LogP contribution >= 0.6 is 0 Å². The SMILES string of the molecule is Cn1nccc1-c1ccc[nH]1. The number of aromatic nitrogens is 3. The van der Waals surface area contributed by atoms with Gasteiger partial charge < -0.3 is 4.98 Å². The highest BCUT2D eigenvalue weighted by Gasteiger charge is 2.00. The Labute approximate surface area is 64.7 Å². The van der Waals surface area contributed by atoms with Crippen LogP contribution in [0.5, 0.6) is 0 Å². The largest absolute Gasteiger partial charge is 0.360 e. The zero-order valence-electron chi connectivity index (χ0n) is 6.28. The van der Waals surface area contributed by atoms with Crippen LogP contribution in [0.4, 0.5) is 0 Å². The quantitative estimate of drug-likeness (QED) is 0.650. The summed E-state index contributed by atoms with van der Waals surface area (Å²) in [7, 11) is 1.93. The highest BCUT2D eigenvalue weighted by Crippen LogP contribution is 2.14. The maximum atomic E-state index is 4.07. The van der Waals surface area contributed by atoms with Gasteiger partial charge in [0.25, 0.3) is 0 Å². The third-order valence-electron chi connectivity index (χ3n) is 1.69. The maximum Gasteiger partial charge on any atom is 0.0841 e. The molecule has 0 amide bonds. The van der Waals surface area contributed by atoms with Gasteiger partial charge in [-0.3, -0.25) is 4.68 Å². The number of H-pyrrole nitrogens is 1. The van der Waals surface area contributed by atoms with Crippen molar-refractivity contribution >= 4 is 0 Å². The summed E-state index contributed by atoms with van der Waals surface area (Å²) < 4.78 is 1.84. The smallest absolute Gasteiger partial charge is 0.0841 e. The zero-order valence-corrected chi connectivity index (χ0v) is 6.28. The van der Waals surface area contributed by atoms with Gasteiger partial charge in [-0.15, -0.1) is 0 Å². The van der Waals surface area contributed by atoms with Crippen LogP contribution in [0.25, 0.3) is 11.4 Å². The van der Waals surface area contributed by atoms with Crippen molar-refractivity contribution in [3.8, 4) is 11.4 Å². The Bertz CT molecular complexity index is 332. The van der Waals surface area contributed by atoms with Gasteiger partial charge in [0.1, 0.15) is 0 Å². The normalized spacial score (nSPS) is 10.3. The lowest BCUT2D eigenvalue weighted by Crippen LogP contribution is -1.92. The molecule has 0 radical (unpaired) electrons. The van der Waals surface area contributed by atoms with Crippen LogP contribution in [0.1, 0.15) is 0 Å². The van der Waals surface area contributed by atoms with Crippen LogP contribution < -0.4 is 0 Å². The number of rotatable bonds is 1. The standard InChI is InChI=1S/C8H9N3/c1-11-8(4-6-10-11)7-3-2-5-9-7/h2-6,9H,1H3. The highest BCUT2D eigenvalue weighted by atomic mass is 15.3. The zero-order chi connectivity index (χ0) is 7.68. The summed E-state index contributed by atoms with van der Waals surface area (Å²) in [5.41, 5.74) is 2.21. The molecule has 11 heavy (non-hydrogen) atoms. The third kappa shape index (κ3) is 0.941. The van der Waals surface area contributed by atoms with Gasteiger partial charge in [0.15, 0.2) is 0 Å². The molecule has 0 fully saturated rings. The van der Waals surface area contributed by atoms with E-state index in [-0.39, 0.29) is 0 Å². The number of hydrogen-bond acceptors (Lipinski definition) is 1. The monoisotopic (exact) mass is 147 g/mol. The molecule has 0 aliphatic heterocycles. The minimum Gasteiger partial charge on any atom is -0.360 e. The Morgan fingerprint density at radius 3 is 2.91 bits per heavy atom. The average molecular weight is 147 g/mol. The summed E-state index contributed by atoms with van der Waals surface area (Å²) in [6.45, 7) is 0. The fraction of sp³-hybridized carbons (Fsp3) is 0.125. The second-order valence-electron chi connectivity index (χ2n) is 2.42. The van der Waals surface area contributed by atoms with E-state index in [0.29, 0.717) is 0 Å². The Morgan fingerprint density at radius 2 is 2.36 bits per heavy atom. The molecule has 2 heterocycles. The van der Waals surface area contributed by atoms with Gasteiger partial charge in [-0.1, -0.05) is 0 Å². The van der Waals surface area contributed by atoms with Crippen molar-refractivity contribution in [3.63, 3.8) is 0 Å². The molecular formula is C8H9N3. The summed E-state index contributed by atoms with van der Waals surface area (Å²) >= 11 is 0. The molecule has 0 saturated heterocycles. The summed E-state index contributed by atoms with van der Waals surface area (Å²) in [6, 6.07) is 5.98. The Hall–Kier alpha value is -1.51. The van der Waals surface area contributed by atoms with E-state index in [1.54, 1.807) is 6.20 Å². The van der Waals surface area contributed by atoms with Crippen molar-refractivity contribution in [2.24, 2.45) is 7.05 Å². The third-order valence-corrected chi connectivity index (χ3v) is 1.69. The van der Waals surface area contributed by atoms with E-state index in [0.717, 1.165) is 11.4 Å². The van der Waals surface area contributed by atoms with Crippen molar-refractivity contribution in [3.05, 3.63) is 30.6 Å². The van der Waals surface area contributed by atoms with Gasteiger partial charge >= 0.3 is 0 Å². The number of hydrogen-bond donors (Lipinski definition) is 1.